The fraction of sp³-hybridized carbons (Fsp3) is 0.866. The van der Waals surface area contributed by atoms with Gasteiger partial charge in [-0.15, -0.1) is 0 Å². The number of aliphatic hydroxyl groups is 11. The number of nitrogens with one attached hydrogen (secondary N) is 1. The van der Waals surface area contributed by atoms with Crippen LogP contribution in [0.5, 0.6) is 0 Å². The van der Waals surface area contributed by atoms with Gasteiger partial charge in [0.25, 0.3) is 0 Å². The van der Waals surface area contributed by atoms with Crippen molar-refractivity contribution in [2.24, 2.45) is 0 Å². The molecule has 0 aromatic heterocycles. The van der Waals surface area contributed by atoms with Gasteiger partial charge in [0.1, 0.15) is 73.2 Å². The molecule has 3 rings (SSSR count). The van der Waals surface area contributed by atoms with E-state index in [1.165, 1.54) is 302 Å². The predicted octanol–water partition coefficient (Wildman–Crippen LogP) is 19.5. The molecule has 678 valence electrons. The van der Waals surface area contributed by atoms with Crippen LogP contribution in [0.25, 0.3) is 0 Å². The van der Waals surface area contributed by atoms with Crippen LogP contribution in [0.1, 0.15) is 406 Å². The first-order valence-corrected chi connectivity index (χ1v) is 48.2. The molecule has 3 aliphatic rings. The summed E-state index contributed by atoms with van der Waals surface area (Å²) < 4.78 is 34.6. The molecule has 0 spiro atoms. The Morgan fingerprint density at radius 2 is 0.595 bits per heavy atom. The van der Waals surface area contributed by atoms with E-state index in [4.69, 9.17) is 28.4 Å². The van der Waals surface area contributed by atoms with Gasteiger partial charge in [0.05, 0.1) is 38.6 Å². The average molecular weight is 1650 g/mol. The van der Waals surface area contributed by atoms with Crippen LogP contribution in [0, 0.1) is 0 Å². The third-order valence-electron chi connectivity index (χ3n) is 23.8. The number of hydrogen-bond acceptors (Lipinski definition) is 18. The third-order valence-corrected chi connectivity index (χ3v) is 23.8. The van der Waals surface area contributed by atoms with Crippen molar-refractivity contribution in [2.45, 2.75) is 510 Å². The van der Waals surface area contributed by atoms with Gasteiger partial charge in [-0.05, 0) is 64.2 Å². The molecule has 17 atom stereocenters. The van der Waals surface area contributed by atoms with E-state index >= 15 is 0 Å². The van der Waals surface area contributed by atoms with E-state index in [1.807, 2.05) is 6.08 Å². The Morgan fingerprint density at radius 3 is 0.931 bits per heavy atom. The zero-order valence-electron chi connectivity index (χ0n) is 73.5. The van der Waals surface area contributed by atoms with E-state index in [0.29, 0.717) is 6.42 Å². The Kier molecular flexibility index (Phi) is 70.3. The molecule has 0 radical (unpaired) electrons. The van der Waals surface area contributed by atoms with Gasteiger partial charge in [0.15, 0.2) is 18.9 Å². The number of rotatable bonds is 79. The summed E-state index contributed by atoms with van der Waals surface area (Å²) in [4.78, 5) is 13.5. The fourth-order valence-corrected chi connectivity index (χ4v) is 16.2. The normalized spacial score (nSPS) is 24.8. The molecule has 3 aliphatic heterocycles. The molecule has 0 bridgehead atoms. The minimum Gasteiger partial charge on any atom is -0.394 e. The number of carbonyl (C=O) groups excluding carboxylic acids is 1. The van der Waals surface area contributed by atoms with E-state index < -0.39 is 124 Å². The standard InChI is InChI=1S/C97H177NO18/c1-3-5-7-9-11-13-15-17-19-21-23-25-27-29-31-33-35-36-37-38-39-40-41-42-43-44-45-47-49-51-53-55-57-59-61-63-65-67-69-71-73-75-85(103)98-80(81(102)74-72-70-68-66-64-62-60-58-56-54-52-50-48-46-34-32-30-28-26-24-22-20-18-16-14-12-10-8-6-4-2)79-111-95-91(109)88(106)93(83(77-100)113-95)116-97-92(110)89(107)94(84(78-101)114-97)115-96-90(108)87(105)86(104)82(76-99)112-96/h5,7,11,13,17,19,23,25,29,31,72,74,80-84,86-97,99-102,104-110H,3-4,6,8-10,12,14-16,18,20-22,24,26-28,30,32-71,73,75-79H2,1-2H3,(H,98,103)/b7-5-,13-11-,19-17-,25-23-,31-29-,74-72+. The van der Waals surface area contributed by atoms with Crippen molar-refractivity contribution in [3.63, 3.8) is 0 Å². The van der Waals surface area contributed by atoms with E-state index in [-0.39, 0.29) is 18.9 Å². The summed E-state index contributed by atoms with van der Waals surface area (Å²) in [6.45, 7) is 1.69. The highest BCUT2D eigenvalue weighted by Gasteiger charge is 2.54. The third kappa shape index (κ3) is 53.3. The van der Waals surface area contributed by atoms with Gasteiger partial charge in [-0.2, -0.15) is 0 Å². The molecule has 17 unspecified atom stereocenters. The molecule has 19 nitrogen and oxygen atoms in total. The second kappa shape index (κ2) is 75.9. The number of allylic oxidation sites excluding steroid dienone is 11. The number of carbonyl (C=O) groups is 1. The highest BCUT2D eigenvalue weighted by atomic mass is 16.8. The maximum absolute atomic E-state index is 13.5. The quantitative estimate of drug-likeness (QED) is 0.0199. The minimum atomic E-state index is -1.98. The molecule has 3 fully saturated rings. The largest absolute Gasteiger partial charge is 0.394 e. The molecular weight excluding hydrogens is 1470 g/mol. The molecule has 0 aliphatic carbocycles. The number of ether oxygens (including phenoxy) is 6. The lowest BCUT2D eigenvalue weighted by atomic mass is 9.96. The highest BCUT2D eigenvalue weighted by molar-refractivity contribution is 5.76. The van der Waals surface area contributed by atoms with E-state index in [1.54, 1.807) is 6.08 Å². The molecule has 3 heterocycles. The van der Waals surface area contributed by atoms with Crippen LogP contribution in [0.2, 0.25) is 0 Å². The molecule has 3 saturated heterocycles. The molecule has 19 heteroatoms. The van der Waals surface area contributed by atoms with Gasteiger partial charge in [0.2, 0.25) is 5.91 Å². The number of amides is 1. The van der Waals surface area contributed by atoms with Crippen LogP contribution < -0.4 is 5.32 Å². The van der Waals surface area contributed by atoms with Gasteiger partial charge in [-0.25, -0.2) is 0 Å². The second-order valence-electron chi connectivity index (χ2n) is 34.2. The smallest absolute Gasteiger partial charge is 0.220 e. The topological polar surface area (TPSA) is 307 Å². The maximum atomic E-state index is 13.5. The van der Waals surface area contributed by atoms with Crippen molar-refractivity contribution in [3.8, 4) is 0 Å². The van der Waals surface area contributed by atoms with Crippen LogP contribution in [0.4, 0.5) is 0 Å². The Morgan fingerprint density at radius 1 is 0.319 bits per heavy atom. The SMILES string of the molecule is CC/C=C\C/C=C\C/C=C\C/C=C\C/C=C\CCCCCCCCCCCCCCCCCCCCCCCCCCCC(=O)NC(COC1OC(CO)C(OC2OC(CO)C(OC3OC(CO)C(O)C(O)C3O)C(O)C2O)C(O)C1O)C(O)/C=C/CCCCCCCCCCCCCCCCCCCCCCCCCCCCCC. The molecule has 0 aromatic rings. The number of hydrogen-bond donors (Lipinski definition) is 12. The Balaban J connectivity index is 1.29. The summed E-state index contributed by atoms with van der Waals surface area (Å²) in [6, 6.07) is -0.976. The lowest BCUT2D eigenvalue weighted by Gasteiger charge is -2.48. The van der Waals surface area contributed by atoms with Gasteiger partial charge >= 0.3 is 0 Å². The Hall–Kier alpha value is -2.77. The molecular formula is C97H177NO18. The first-order chi connectivity index (χ1) is 56.8. The van der Waals surface area contributed by atoms with Crippen molar-refractivity contribution >= 4 is 5.91 Å². The summed E-state index contributed by atoms with van der Waals surface area (Å²) in [6.07, 6.45) is 76.4. The van der Waals surface area contributed by atoms with Gasteiger partial charge in [-0.3, -0.25) is 4.79 Å². The summed E-state index contributed by atoms with van der Waals surface area (Å²) >= 11 is 0. The highest BCUT2D eigenvalue weighted by Crippen LogP contribution is 2.34. The summed E-state index contributed by atoms with van der Waals surface area (Å²) in [5, 5.41) is 121. The van der Waals surface area contributed by atoms with Gasteiger partial charge < -0.3 is 89.9 Å². The Labute approximate surface area is 706 Å². The first kappa shape index (κ1) is 107. The number of aliphatic hydroxyl groups excluding tert-OH is 11. The first-order valence-electron chi connectivity index (χ1n) is 48.2. The monoisotopic (exact) mass is 1640 g/mol. The van der Waals surface area contributed by atoms with E-state index in [9.17, 15) is 61.0 Å². The van der Waals surface area contributed by atoms with E-state index in [0.717, 1.165) is 77.0 Å². The van der Waals surface area contributed by atoms with Crippen molar-refractivity contribution in [1.29, 1.82) is 0 Å². The average Bonchev–Trinajstić information content (AvgIpc) is 0.783. The van der Waals surface area contributed by atoms with Crippen LogP contribution in [0.3, 0.4) is 0 Å². The van der Waals surface area contributed by atoms with Gasteiger partial charge in [0, 0.05) is 6.42 Å². The van der Waals surface area contributed by atoms with E-state index in [2.05, 4.69) is 79.9 Å². The Bertz CT molecular complexity index is 2370. The molecule has 12 N–H and O–H groups in total. The van der Waals surface area contributed by atoms with Crippen LogP contribution in [-0.2, 0) is 33.2 Å². The summed E-state index contributed by atoms with van der Waals surface area (Å²) in [7, 11) is 0. The fourth-order valence-electron chi connectivity index (χ4n) is 16.2. The van der Waals surface area contributed by atoms with Crippen molar-refractivity contribution in [2.75, 3.05) is 26.4 Å². The van der Waals surface area contributed by atoms with Crippen LogP contribution in [0.15, 0.2) is 72.9 Å². The number of unbranched alkanes of at least 4 members (excludes halogenated alkanes) is 53. The molecule has 0 saturated carbocycles. The predicted molar refractivity (Wildman–Crippen MR) is 471 cm³/mol. The summed E-state index contributed by atoms with van der Waals surface area (Å²) in [5.74, 6) is -0.267. The lowest BCUT2D eigenvalue weighted by Crippen LogP contribution is -2.66. The zero-order valence-corrected chi connectivity index (χ0v) is 73.5. The van der Waals surface area contributed by atoms with Crippen molar-refractivity contribution in [1.82, 2.24) is 5.32 Å². The van der Waals surface area contributed by atoms with Crippen LogP contribution in [-0.4, -0.2) is 193 Å². The maximum Gasteiger partial charge on any atom is 0.220 e. The summed E-state index contributed by atoms with van der Waals surface area (Å²) in [5.41, 5.74) is 0. The zero-order chi connectivity index (χ0) is 83.8. The molecule has 116 heavy (non-hydrogen) atoms. The van der Waals surface area contributed by atoms with Crippen LogP contribution >= 0.6 is 0 Å². The molecule has 0 aromatic carbocycles. The van der Waals surface area contributed by atoms with Gasteiger partial charge in [-0.1, -0.05) is 408 Å². The van der Waals surface area contributed by atoms with Crippen molar-refractivity contribution in [3.05, 3.63) is 72.9 Å². The lowest BCUT2D eigenvalue weighted by molar-refractivity contribution is -0.379. The minimum absolute atomic E-state index is 0.246. The molecule has 1 amide bonds. The second-order valence-corrected chi connectivity index (χ2v) is 34.2. The van der Waals surface area contributed by atoms with Crippen molar-refractivity contribution < 1.29 is 89.4 Å².